The summed E-state index contributed by atoms with van der Waals surface area (Å²) in [6.07, 6.45) is 0.503. The van der Waals surface area contributed by atoms with Gasteiger partial charge in [-0.25, -0.2) is 9.18 Å². The molecule has 1 unspecified atom stereocenters. The van der Waals surface area contributed by atoms with E-state index >= 15 is 0 Å². The van der Waals surface area contributed by atoms with Gasteiger partial charge in [0.1, 0.15) is 12.4 Å². The number of nitrogens with zero attached hydrogens (tertiary/aromatic N) is 1. The second kappa shape index (κ2) is 9.47. The fourth-order valence-corrected chi connectivity index (χ4v) is 4.14. The van der Waals surface area contributed by atoms with Gasteiger partial charge in [0.05, 0.1) is 0 Å². The van der Waals surface area contributed by atoms with Gasteiger partial charge in [-0.05, 0) is 60.2 Å². The van der Waals surface area contributed by atoms with E-state index in [2.05, 4.69) is 10.6 Å². The van der Waals surface area contributed by atoms with Crippen molar-refractivity contribution in [2.24, 2.45) is 0 Å². The SMILES string of the molecule is Cc1ccc(C2(c3ccccc3)NC(=O)N(CC(=O)NCCc3ccc(F)cc3)C2=O)cc1C. The lowest BCUT2D eigenvalue weighted by molar-refractivity contribution is -0.134. The van der Waals surface area contributed by atoms with Crippen LogP contribution in [0.1, 0.15) is 27.8 Å². The van der Waals surface area contributed by atoms with Crippen LogP contribution in [0.5, 0.6) is 0 Å². The molecule has 1 saturated heterocycles. The van der Waals surface area contributed by atoms with Crippen molar-refractivity contribution in [2.75, 3.05) is 13.1 Å². The quantitative estimate of drug-likeness (QED) is 0.530. The molecule has 34 heavy (non-hydrogen) atoms. The minimum atomic E-state index is -1.41. The molecule has 3 aromatic rings. The summed E-state index contributed by atoms with van der Waals surface area (Å²) in [6.45, 7) is 3.83. The molecule has 0 bridgehead atoms. The molecule has 1 fully saturated rings. The zero-order chi connectivity index (χ0) is 24.3. The smallest absolute Gasteiger partial charge is 0.326 e. The molecule has 6 nitrogen and oxygen atoms in total. The summed E-state index contributed by atoms with van der Waals surface area (Å²) in [4.78, 5) is 40.2. The van der Waals surface area contributed by atoms with Crippen LogP contribution in [-0.4, -0.2) is 35.8 Å². The maximum Gasteiger partial charge on any atom is 0.326 e. The summed E-state index contributed by atoms with van der Waals surface area (Å²) in [5.41, 5.74) is 2.78. The Hall–Kier alpha value is -4.00. The molecule has 0 radical (unpaired) electrons. The Morgan fingerprint density at radius 3 is 2.32 bits per heavy atom. The number of imide groups is 1. The van der Waals surface area contributed by atoms with Gasteiger partial charge in [-0.3, -0.25) is 14.5 Å². The number of nitrogens with one attached hydrogen (secondary N) is 2. The van der Waals surface area contributed by atoms with Crippen molar-refractivity contribution in [3.8, 4) is 0 Å². The van der Waals surface area contributed by atoms with Crippen LogP contribution >= 0.6 is 0 Å². The number of rotatable bonds is 7. The van der Waals surface area contributed by atoms with Crippen LogP contribution in [0.3, 0.4) is 0 Å². The van der Waals surface area contributed by atoms with Gasteiger partial charge < -0.3 is 10.6 Å². The fourth-order valence-electron chi connectivity index (χ4n) is 4.14. The second-order valence-corrected chi connectivity index (χ2v) is 8.46. The lowest BCUT2D eigenvalue weighted by Gasteiger charge is -2.28. The lowest BCUT2D eigenvalue weighted by atomic mass is 9.81. The first-order chi connectivity index (χ1) is 16.3. The molecular formula is C27H26FN3O3. The number of carbonyl (C=O) groups is 3. The Labute approximate surface area is 197 Å². The summed E-state index contributed by atoms with van der Waals surface area (Å²) in [7, 11) is 0. The molecule has 1 atom stereocenters. The van der Waals surface area contributed by atoms with Crippen LogP contribution in [0.4, 0.5) is 9.18 Å². The molecule has 0 aliphatic carbocycles. The first-order valence-corrected chi connectivity index (χ1v) is 11.1. The highest BCUT2D eigenvalue weighted by Gasteiger charge is 2.54. The molecule has 174 valence electrons. The van der Waals surface area contributed by atoms with E-state index in [0.717, 1.165) is 21.6 Å². The third-order valence-electron chi connectivity index (χ3n) is 6.20. The highest BCUT2D eigenvalue weighted by molar-refractivity contribution is 6.11. The average molecular weight is 460 g/mol. The summed E-state index contributed by atoms with van der Waals surface area (Å²) < 4.78 is 13.0. The van der Waals surface area contributed by atoms with E-state index in [-0.39, 0.29) is 5.82 Å². The Balaban J connectivity index is 1.54. The van der Waals surface area contributed by atoms with Gasteiger partial charge in [-0.15, -0.1) is 0 Å². The topological polar surface area (TPSA) is 78.5 Å². The van der Waals surface area contributed by atoms with Crippen LogP contribution in [0.25, 0.3) is 0 Å². The third-order valence-corrected chi connectivity index (χ3v) is 6.20. The van der Waals surface area contributed by atoms with Crippen LogP contribution in [0, 0.1) is 19.7 Å². The highest BCUT2D eigenvalue weighted by Crippen LogP contribution is 2.36. The highest BCUT2D eigenvalue weighted by atomic mass is 19.1. The van der Waals surface area contributed by atoms with Crippen molar-refractivity contribution in [3.63, 3.8) is 0 Å². The minimum Gasteiger partial charge on any atom is -0.354 e. The summed E-state index contributed by atoms with van der Waals surface area (Å²) in [5.74, 6) is -1.27. The zero-order valence-corrected chi connectivity index (χ0v) is 19.1. The Morgan fingerprint density at radius 1 is 0.941 bits per heavy atom. The van der Waals surface area contributed by atoms with Crippen molar-refractivity contribution in [1.29, 1.82) is 0 Å². The number of halogens is 1. The molecule has 1 heterocycles. The van der Waals surface area contributed by atoms with E-state index in [1.54, 1.807) is 24.3 Å². The predicted molar refractivity (Wildman–Crippen MR) is 126 cm³/mol. The molecule has 2 N–H and O–H groups in total. The van der Waals surface area contributed by atoms with Gasteiger partial charge in [0.2, 0.25) is 5.91 Å². The van der Waals surface area contributed by atoms with Crippen LogP contribution in [0.2, 0.25) is 0 Å². The lowest BCUT2D eigenvalue weighted by Crippen LogP contribution is -2.46. The number of benzene rings is 3. The maximum atomic E-state index is 13.7. The molecule has 4 amide bonds. The minimum absolute atomic E-state index is 0.301. The van der Waals surface area contributed by atoms with Crippen LogP contribution in [-0.2, 0) is 21.5 Å². The van der Waals surface area contributed by atoms with Crippen molar-refractivity contribution >= 4 is 17.8 Å². The van der Waals surface area contributed by atoms with Gasteiger partial charge in [0, 0.05) is 6.54 Å². The molecule has 0 saturated carbocycles. The summed E-state index contributed by atoms with van der Waals surface area (Å²) in [6, 6.07) is 20.1. The van der Waals surface area contributed by atoms with Crippen LogP contribution in [0.15, 0.2) is 72.8 Å². The Morgan fingerprint density at radius 2 is 1.65 bits per heavy atom. The maximum absolute atomic E-state index is 13.7. The number of aryl methyl sites for hydroxylation is 2. The number of hydrogen-bond donors (Lipinski definition) is 2. The first kappa shape index (κ1) is 23.2. The fraction of sp³-hybridized carbons (Fsp3) is 0.222. The van der Waals surface area contributed by atoms with Crippen molar-refractivity contribution < 1.29 is 18.8 Å². The van der Waals surface area contributed by atoms with E-state index in [4.69, 9.17) is 0 Å². The Kier molecular flexibility index (Phi) is 6.45. The van der Waals surface area contributed by atoms with E-state index < -0.39 is 29.9 Å². The van der Waals surface area contributed by atoms with Gasteiger partial charge in [0.25, 0.3) is 5.91 Å². The number of hydrogen-bond acceptors (Lipinski definition) is 3. The molecule has 0 aromatic heterocycles. The predicted octanol–water partition coefficient (Wildman–Crippen LogP) is 3.60. The van der Waals surface area contributed by atoms with Gasteiger partial charge in [-0.2, -0.15) is 0 Å². The molecule has 3 aromatic carbocycles. The number of carbonyl (C=O) groups excluding carboxylic acids is 3. The largest absolute Gasteiger partial charge is 0.354 e. The van der Waals surface area contributed by atoms with E-state index in [1.165, 1.54) is 12.1 Å². The molecule has 1 aliphatic heterocycles. The zero-order valence-electron chi connectivity index (χ0n) is 19.1. The third kappa shape index (κ3) is 4.41. The standard InChI is InChI=1S/C27H26FN3O3/c1-18-8-11-22(16-19(18)2)27(21-6-4-3-5-7-21)25(33)31(26(34)30-27)17-24(32)29-15-14-20-9-12-23(28)13-10-20/h3-13,16H,14-15,17H2,1-2H3,(H,29,32)(H,30,34). The van der Waals surface area contributed by atoms with E-state index in [0.29, 0.717) is 24.1 Å². The van der Waals surface area contributed by atoms with Crippen molar-refractivity contribution in [2.45, 2.75) is 25.8 Å². The first-order valence-electron chi connectivity index (χ1n) is 11.1. The van der Waals surface area contributed by atoms with Crippen molar-refractivity contribution in [3.05, 3.63) is 106 Å². The molecule has 1 aliphatic rings. The van der Waals surface area contributed by atoms with Crippen LogP contribution < -0.4 is 10.6 Å². The van der Waals surface area contributed by atoms with E-state index in [1.807, 2.05) is 50.2 Å². The van der Waals surface area contributed by atoms with Gasteiger partial charge in [-0.1, -0.05) is 60.7 Å². The summed E-state index contributed by atoms with van der Waals surface area (Å²) in [5, 5.41) is 5.59. The molecular weight excluding hydrogens is 433 g/mol. The average Bonchev–Trinajstić information content (AvgIpc) is 3.08. The second-order valence-electron chi connectivity index (χ2n) is 8.46. The van der Waals surface area contributed by atoms with Gasteiger partial charge in [0.15, 0.2) is 5.54 Å². The Bertz CT molecular complexity index is 1230. The molecule has 4 rings (SSSR count). The van der Waals surface area contributed by atoms with E-state index in [9.17, 15) is 18.8 Å². The monoisotopic (exact) mass is 459 g/mol. The normalized spacial score (nSPS) is 17.6. The molecule has 7 heteroatoms. The van der Waals surface area contributed by atoms with Crippen molar-refractivity contribution in [1.82, 2.24) is 15.5 Å². The van der Waals surface area contributed by atoms with Gasteiger partial charge >= 0.3 is 6.03 Å². The number of urea groups is 1. The summed E-state index contributed by atoms with van der Waals surface area (Å²) >= 11 is 0. The number of amides is 4. The molecule has 0 spiro atoms.